The molecule has 6 heteroatoms. The molecule has 0 saturated heterocycles. The van der Waals surface area contributed by atoms with Gasteiger partial charge in [-0.25, -0.2) is 13.8 Å². The van der Waals surface area contributed by atoms with Crippen LogP contribution in [0.4, 0.5) is 8.78 Å². The van der Waals surface area contributed by atoms with Gasteiger partial charge in [-0.3, -0.25) is 0 Å². The van der Waals surface area contributed by atoms with E-state index in [4.69, 9.17) is 4.74 Å². The molecular formula is C15H18F2N2OS. The predicted octanol–water partition coefficient (Wildman–Crippen LogP) is 3.89. The van der Waals surface area contributed by atoms with Gasteiger partial charge >= 0.3 is 0 Å². The number of thiazole rings is 1. The molecule has 0 bridgehead atoms. The third-order valence-electron chi connectivity index (χ3n) is 2.65. The van der Waals surface area contributed by atoms with E-state index < -0.39 is 11.6 Å². The molecule has 1 aromatic heterocycles. The van der Waals surface area contributed by atoms with Crippen molar-refractivity contribution in [2.75, 3.05) is 0 Å². The minimum absolute atomic E-state index is 0.0357. The van der Waals surface area contributed by atoms with Gasteiger partial charge in [0.2, 0.25) is 0 Å². The number of benzene rings is 1. The van der Waals surface area contributed by atoms with Crippen molar-refractivity contribution >= 4 is 11.3 Å². The molecule has 0 radical (unpaired) electrons. The first-order valence-electron chi connectivity index (χ1n) is 6.60. The average molecular weight is 312 g/mol. The van der Waals surface area contributed by atoms with E-state index in [1.165, 1.54) is 6.07 Å². The first-order valence-corrected chi connectivity index (χ1v) is 7.47. The van der Waals surface area contributed by atoms with Crippen LogP contribution < -0.4 is 10.1 Å². The first-order chi connectivity index (χ1) is 9.83. The van der Waals surface area contributed by atoms with Gasteiger partial charge in [0.15, 0.2) is 11.6 Å². The highest BCUT2D eigenvalue weighted by molar-refractivity contribution is 7.09. The molecule has 0 aliphatic rings. The second-order valence-electron chi connectivity index (χ2n) is 5.70. The summed E-state index contributed by atoms with van der Waals surface area (Å²) in [5.41, 5.74) is 0.809. The highest BCUT2D eigenvalue weighted by Gasteiger charge is 2.10. The van der Waals surface area contributed by atoms with E-state index in [1.807, 2.05) is 5.38 Å². The van der Waals surface area contributed by atoms with Gasteiger partial charge < -0.3 is 10.1 Å². The summed E-state index contributed by atoms with van der Waals surface area (Å²) >= 11 is 1.54. The Morgan fingerprint density at radius 2 is 2.00 bits per heavy atom. The van der Waals surface area contributed by atoms with E-state index in [1.54, 1.807) is 11.3 Å². The van der Waals surface area contributed by atoms with Crippen LogP contribution in [-0.2, 0) is 13.2 Å². The molecule has 0 fully saturated rings. The monoisotopic (exact) mass is 312 g/mol. The maximum absolute atomic E-state index is 13.0. The molecule has 114 valence electrons. The topological polar surface area (TPSA) is 34.2 Å². The molecule has 1 heterocycles. The third-order valence-corrected chi connectivity index (χ3v) is 3.54. The number of rotatable bonds is 5. The van der Waals surface area contributed by atoms with Crippen LogP contribution >= 0.6 is 11.3 Å². The van der Waals surface area contributed by atoms with E-state index in [0.717, 1.165) is 22.8 Å². The predicted molar refractivity (Wildman–Crippen MR) is 79.4 cm³/mol. The average Bonchev–Trinajstić information content (AvgIpc) is 2.85. The fourth-order valence-corrected chi connectivity index (χ4v) is 2.28. The Labute approximate surface area is 127 Å². The van der Waals surface area contributed by atoms with Gasteiger partial charge in [0.05, 0.1) is 5.69 Å². The standard InChI is InChI=1S/C15H18F2N2OS/c1-15(2,3)18-7-14-19-10(9-21-14)8-20-11-4-5-12(16)13(17)6-11/h4-6,9,18H,7-8H2,1-3H3. The van der Waals surface area contributed by atoms with Crippen LogP contribution in [0.15, 0.2) is 23.6 Å². The molecule has 0 aliphatic heterocycles. The first kappa shape index (κ1) is 15.9. The largest absolute Gasteiger partial charge is 0.487 e. The highest BCUT2D eigenvalue weighted by atomic mass is 32.1. The van der Waals surface area contributed by atoms with Crippen LogP contribution in [0.1, 0.15) is 31.5 Å². The molecule has 0 aliphatic carbocycles. The molecule has 1 N–H and O–H groups in total. The lowest BCUT2D eigenvalue weighted by Gasteiger charge is -2.19. The van der Waals surface area contributed by atoms with E-state index >= 15 is 0 Å². The summed E-state index contributed by atoms with van der Waals surface area (Å²) in [5.74, 6) is -1.51. The van der Waals surface area contributed by atoms with Gasteiger partial charge in [0.1, 0.15) is 17.4 Å². The van der Waals surface area contributed by atoms with Crippen molar-refractivity contribution in [3.63, 3.8) is 0 Å². The van der Waals surface area contributed by atoms with Crippen molar-refractivity contribution in [1.82, 2.24) is 10.3 Å². The number of hydrogen-bond acceptors (Lipinski definition) is 4. The van der Waals surface area contributed by atoms with Crippen molar-refractivity contribution in [2.24, 2.45) is 0 Å². The summed E-state index contributed by atoms with van der Waals surface area (Å²) in [7, 11) is 0. The van der Waals surface area contributed by atoms with E-state index in [9.17, 15) is 8.78 Å². The molecule has 2 rings (SSSR count). The van der Waals surface area contributed by atoms with Gasteiger partial charge in [0, 0.05) is 23.5 Å². The zero-order valence-corrected chi connectivity index (χ0v) is 13.1. The number of nitrogens with one attached hydrogen (secondary N) is 1. The molecule has 0 atom stereocenters. The Bertz CT molecular complexity index is 608. The number of hydrogen-bond donors (Lipinski definition) is 1. The molecule has 2 aromatic rings. The smallest absolute Gasteiger partial charge is 0.162 e. The quantitative estimate of drug-likeness (QED) is 0.909. The lowest BCUT2D eigenvalue weighted by molar-refractivity contribution is 0.299. The van der Waals surface area contributed by atoms with Crippen molar-refractivity contribution in [2.45, 2.75) is 39.5 Å². The second-order valence-corrected chi connectivity index (χ2v) is 6.64. The Morgan fingerprint density at radius 1 is 1.24 bits per heavy atom. The maximum atomic E-state index is 13.0. The Hall–Kier alpha value is -1.53. The van der Waals surface area contributed by atoms with Crippen LogP contribution in [0.25, 0.3) is 0 Å². The van der Waals surface area contributed by atoms with E-state index in [-0.39, 0.29) is 17.9 Å². The van der Waals surface area contributed by atoms with E-state index in [0.29, 0.717) is 6.54 Å². The molecule has 0 spiro atoms. The summed E-state index contributed by atoms with van der Waals surface area (Å²) in [6.45, 7) is 7.20. The number of halogens is 2. The summed E-state index contributed by atoms with van der Waals surface area (Å²) < 4.78 is 31.2. The zero-order valence-electron chi connectivity index (χ0n) is 12.2. The highest BCUT2D eigenvalue weighted by Crippen LogP contribution is 2.18. The van der Waals surface area contributed by atoms with Crippen molar-refractivity contribution in [1.29, 1.82) is 0 Å². The summed E-state index contributed by atoms with van der Waals surface area (Å²) in [6.07, 6.45) is 0. The summed E-state index contributed by atoms with van der Waals surface area (Å²) in [6, 6.07) is 3.47. The second kappa shape index (κ2) is 6.49. The van der Waals surface area contributed by atoms with Crippen molar-refractivity contribution in [3.8, 4) is 5.75 Å². The molecular weight excluding hydrogens is 294 g/mol. The molecule has 1 aromatic carbocycles. The number of ether oxygens (including phenoxy) is 1. The minimum atomic E-state index is -0.916. The lowest BCUT2D eigenvalue weighted by Crippen LogP contribution is -2.35. The van der Waals surface area contributed by atoms with Gasteiger partial charge in [-0.05, 0) is 32.9 Å². The van der Waals surface area contributed by atoms with Crippen LogP contribution in [-0.4, -0.2) is 10.5 Å². The summed E-state index contributed by atoms with van der Waals surface area (Å²) in [4.78, 5) is 4.43. The van der Waals surface area contributed by atoms with Gasteiger partial charge in [-0.1, -0.05) is 0 Å². The number of aromatic nitrogens is 1. The van der Waals surface area contributed by atoms with Crippen molar-refractivity contribution < 1.29 is 13.5 Å². The fourth-order valence-electron chi connectivity index (χ4n) is 1.56. The van der Waals surface area contributed by atoms with Crippen molar-refractivity contribution in [3.05, 3.63) is 45.9 Å². The van der Waals surface area contributed by atoms with Gasteiger partial charge in [-0.2, -0.15) is 0 Å². The Morgan fingerprint density at radius 3 is 2.67 bits per heavy atom. The molecule has 0 amide bonds. The Balaban J connectivity index is 1.89. The minimum Gasteiger partial charge on any atom is -0.487 e. The van der Waals surface area contributed by atoms with Crippen LogP contribution in [0, 0.1) is 11.6 Å². The molecule has 0 saturated carbocycles. The van der Waals surface area contributed by atoms with Gasteiger partial charge in [-0.15, -0.1) is 11.3 Å². The summed E-state index contributed by atoms with van der Waals surface area (Å²) in [5, 5.41) is 6.22. The molecule has 21 heavy (non-hydrogen) atoms. The molecule has 0 unspecified atom stereocenters. The fraction of sp³-hybridized carbons (Fsp3) is 0.400. The third kappa shape index (κ3) is 5.06. The van der Waals surface area contributed by atoms with Crippen LogP contribution in [0.3, 0.4) is 0 Å². The van der Waals surface area contributed by atoms with Crippen LogP contribution in [0.2, 0.25) is 0 Å². The SMILES string of the molecule is CC(C)(C)NCc1nc(COc2ccc(F)c(F)c2)cs1. The van der Waals surface area contributed by atoms with Gasteiger partial charge in [0.25, 0.3) is 0 Å². The Kier molecular flexibility index (Phi) is 4.90. The molecule has 3 nitrogen and oxygen atoms in total. The van der Waals surface area contributed by atoms with E-state index in [2.05, 4.69) is 31.1 Å². The van der Waals surface area contributed by atoms with Crippen LogP contribution in [0.5, 0.6) is 5.75 Å². The number of nitrogens with zero attached hydrogens (tertiary/aromatic N) is 1. The normalized spacial score (nSPS) is 11.7. The maximum Gasteiger partial charge on any atom is 0.162 e. The zero-order chi connectivity index (χ0) is 15.5. The lowest BCUT2D eigenvalue weighted by atomic mass is 10.1.